The van der Waals surface area contributed by atoms with Crippen LogP contribution in [0.25, 0.3) is 0 Å². The number of nitro groups is 1. The monoisotopic (exact) mass is 343 g/mol. The van der Waals surface area contributed by atoms with E-state index in [2.05, 4.69) is 14.9 Å². The van der Waals surface area contributed by atoms with Gasteiger partial charge in [0.25, 0.3) is 5.69 Å². The summed E-state index contributed by atoms with van der Waals surface area (Å²) >= 11 is 1.24. The minimum Gasteiger partial charge on any atom is -0.374 e. The SMILES string of the molecule is Nc1nnc(CCCNS(=O)(=O)c2ccccc2[N+](=O)[O-])s1. The number of nitrogens with one attached hydrogen (secondary N) is 1. The highest BCUT2D eigenvalue weighted by molar-refractivity contribution is 7.89. The number of aryl methyl sites for hydroxylation is 1. The van der Waals surface area contributed by atoms with Crippen LogP contribution in [-0.2, 0) is 16.4 Å². The van der Waals surface area contributed by atoms with Gasteiger partial charge in [-0.25, -0.2) is 13.1 Å². The van der Waals surface area contributed by atoms with Gasteiger partial charge in [0, 0.05) is 19.0 Å². The summed E-state index contributed by atoms with van der Waals surface area (Å²) in [5.41, 5.74) is 4.99. The molecule has 0 unspecified atom stereocenters. The first kappa shape index (κ1) is 16.3. The van der Waals surface area contributed by atoms with E-state index >= 15 is 0 Å². The number of nitrogens with two attached hydrogens (primary N) is 1. The Hall–Kier alpha value is -2.11. The first-order valence-electron chi connectivity index (χ1n) is 6.21. The second-order valence-electron chi connectivity index (χ2n) is 4.26. The summed E-state index contributed by atoms with van der Waals surface area (Å²) < 4.78 is 26.6. The molecule has 1 heterocycles. The van der Waals surface area contributed by atoms with Gasteiger partial charge < -0.3 is 5.73 Å². The van der Waals surface area contributed by atoms with Crippen molar-refractivity contribution in [3.8, 4) is 0 Å². The number of rotatable bonds is 7. The van der Waals surface area contributed by atoms with Gasteiger partial charge in [-0.3, -0.25) is 10.1 Å². The third kappa shape index (κ3) is 3.96. The smallest absolute Gasteiger partial charge is 0.289 e. The number of nitro benzene ring substituents is 1. The lowest BCUT2D eigenvalue weighted by Gasteiger charge is -2.06. The molecule has 2 rings (SSSR count). The first-order valence-corrected chi connectivity index (χ1v) is 8.51. The van der Waals surface area contributed by atoms with Crippen LogP contribution in [0.15, 0.2) is 29.2 Å². The highest BCUT2D eigenvalue weighted by Gasteiger charge is 2.24. The minimum atomic E-state index is -3.93. The molecule has 1 aromatic carbocycles. The molecule has 0 spiro atoms. The van der Waals surface area contributed by atoms with E-state index < -0.39 is 20.6 Å². The van der Waals surface area contributed by atoms with Crippen LogP contribution in [0.4, 0.5) is 10.8 Å². The molecule has 0 amide bonds. The van der Waals surface area contributed by atoms with Crippen molar-refractivity contribution in [2.24, 2.45) is 0 Å². The summed E-state index contributed by atoms with van der Waals surface area (Å²) in [6, 6.07) is 5.20. The van der Waals surface area contributed by atoms with Gasteiger partial charge in [0.1, 0.15) is 5.01 Å². The predicted molar refractivity (Wildman–Crippen MR) is 80.9 cm³/mol. The van der Waals surface area contributed by atoms with E-state index in [0.717, 1.165) is 6.07 Å². The average molecular weight is 343 g/mol. The molecule has 118 valence electrons. The van der Waals surface area contributed by atoms with Crippen molar-refractivity contribution in [3.63, 3.8) is 0 Å². The molecule has 3 N–H and O–H groups in total. The molecule has 9 nitrogen and oxygen atoms in total. The van der Waals surface area contributed by atoms with E-state index in [1.165, 1.54) is 29.5 Å². The second kappa shape index (κ2) is 6.77. The summed E-state index contributed by atoms with van der Waals surface area (Å²) in [7, 11) is -3.93. The molecular weight excluding hydrogens is 330 g/mol. The highest BCUT2D eigenvalue weighted by Crippen LogP contribution is 2.22. The molecule has 22 heavy (non-hydrogen) atoms. The Balaban J connectivity index is 1.98. The number of aromatic nitrogens is 2. The van der Waals surface area contributed by atoms with Crippen LogP contribution in [-0.4, -0.2) is 30.1 Å². The predicted octanol–water partition coefficient (Wildman–Crippen LogP) is 0.940. The second-order valence-corrected chi connectivity index (χ2v) is 7.09. The van der Waals surface area contributed by atoms with Crippen LogP contribution in [0.3, 0.4) is 0 Å². The van der Waals surface area contributed by atoms with E-state index in [-0.39, 0.29) is 11.4 Å². The van der Waals surface area contributed by atoms with Crippen LogP contribution >= 0.6 is 11.3 Å². The molecular formula is C11H13N5O4S2. The average Bonchev–Trinajstić information content (AvgIpc) is 2.89. The van der Waals surface area contributed by atoms with E-state index in [9.17, 15) is 18.5 Å². The third-order valence-corrected chi connectivity index (χ3v) is 5.01. The Labute approximate surface area is 130 Å². The van der Waals surface area contributed by atoms with Crippen molar-refractivity contribution in [1.82, 2.24) is 14.9 Å². The first-order chi connectivity index (χ1) is 10.4. The Morgan fingerprint density at radius 3 is 2.68 bits per heavy atom. The number of sulfonamides is 1. The molecule has 11 heteroatoms. The summed E-state index contributed by atoms with van der Waals surface area (Å²) in [5, 5.41) is 19.4. The maximum absolute atomic E-state index is 12.1. The lowest BCUT2D eigenvalue weighted by molar-refractivity contribution is -0.387. The maximum atomic E-state index is 12.1. The van der Waals surface area contributed by atoms with Gasteiger partial charge in [-0.05, 0) is 12.5 Å². The maximum Gasteiger partial charge on any atom is 0.289 e. The van der Waals surface area contributed by atoms with Crippen LogP contribution in [0, 0.1) is 10.1 Å². The number of hydrogen-bond acceptors (Lipinski definition) is 8. The van der Waals surface area contributed by atoms with E-state index in [0.29, 0.717) is 23.0 Å². The van der Waals surface area contributed by atoms with Crippen molar-refractivity contribution in [2.75, 3.05) is 12.3 Å². The Kier molecular flexibility index (Phi) is 5.00. The van der Waals surface area contributed by atoms with Gasteiger partial charge in [-0.2, -0.15) is 0 Å². The zero-order valence-electron chi connectivity index (χ0n) is 11.3. The Morgan fingerprint density at radius 2 is 2.05 bits per heavy atom. The van der Waals surface area contributed by atoms with Gasteiger partial charge in [0.05, 0.1) is 4.92 Å². The number of nitrogen functional groups attached to an aromatic ring is 1. The van der Waals surface area contributed by atoms with Crippen molar-refractivity contribution in [1.29, 1.82) is 0 Å². The number of anilines is 1. The molecule has 2 aromatic rings. The van der Waals surface area contributed by atoms with Gasteiger partial charge in [-0.15, -0.1) is 10.2 Å². The number of nitrogens with zero attached hydrogens (tertiary/aromatic N) is 3. The van der Waals surface area contributed by atoms with Crippen LogP contribution < -0.4 is 10.5 Å². The standard InChI is InChI=1S/C11H13N5O4S2/c12-11-15-14-10(21-11)6-3-7-13-22(19,20)9-5-2-1-4-8(9)16(17)18/h1-2,4-5,13H,3,6-7H2,(H2,12,15). The fourth-order valence-electron chi connectivity index (χ4n) is 1.73. The molecule has 0 bridgehead atoms. The van der Waals surface area contributed by atoms with Crippen LogP contribution in [0.2, 0.25) is 0 Å². The number of hydrogen-bond donors (Lipinski definition) is 2. The molecule has 0 atom stereocenters. The summed E-state index contributed by atoms with van der Waals surface area (Å²) in [6.45, 7) is 0.133. The molecule has 0 aliphatic heterocycles. The van der Waals surface area contributed by atoms with Gasteiger partial charge in [-0.1, -0.05) is 23.5 Å². The number of benzene rings is 1. The summed E-state index contributed by atoms with van der Waals surface area (Å²) in [6.07, 6.45) is 1.00. The molecule has 0 aliphatic rings. The van der Waals surface area contributed by atoms with Crippen molar-refractivity contribution in [3.05, 3.63) is 39.4 Å². The van der Waals surface area contributed by atoms with Gasteiger partial charge in [0.2, 0.25) is 15.2 Å². The van der Waals surface area contributed by atoms with Gasteiger partial charge in [0.15, 0.2) is 4.90 Å². The van der Waals surface area contributed by atoms with E-state index in [1.54, 1.807) is 0 Å². The molecule has 0 fully saturated rings. The van der Waals surface area contributed by atoms with Crippen LogP contribution in [0.5, 0.6) is 0 Å². The molecule has 1 aromatic heterocycles. The Morgan fingerprint density at radius 1 is 1.32 bits per heavy atom. The fraction of sp³-hybridized carbons (Fsp3) is 0.273. The van der Waals surface area contributed by atoms with E-state index in [4.69, 9.17) is 5.73 Å². The molecule has 0 aliphatic carbocycles. The van der Waals surface area contributed by atoms with Crippen molar-refractivity contribution >= 4 is 32.2 Å². The largest absolute Gasteiger partial charge is 0.374 e. The quantitative estimate of drug-likeness (QED) is 0.433. The lowest BCUT2D eigenvalue weighted by Crippen LogP contribution is -2.25. The molecule has 0 radical (unpaired) electrons. The highest BCUT2D eigenvalue weighted by atomic mass is 32.2. The third-order valence-electron chi connectivity index (χ3n) is 2.69. The van der Waals surface area contributed by atoms with Crippen LogP contribution in [0.1, 0.15) is 11.4 Å². The molecule has 0 saturated heterocycles. The lowest BCUT2D eigenvalue weighted by atomic mass is 10.3. The Bertz CT molecular complexity index is 774. The van der Waals surface area contributed by atoms with E-state index in [1.807, 2.05) is 0 Å². The zero-order valence-corrected chi connectivity index (χ0v) is 12.9. The van der Waals surface area contributed by atoms with Gasteiger partial charge >= 0.3 is 0 Å². The zero-order chi connectivity index (χ0) is 16.2. The van der Waals surface area contributed by atoms with Crippen molar-refractivity contribution in [2.45, 2.75) is 17.7 Å². The fourth-order valence-corrected chi connectivity index (χ4v) is 3.62. The van der Waals surface area contributed by atoms with Crippen molar-refractivity contribution < 1.29 is 13.3 Å². The topological polar surface area (TPSA) is 141 Å². The minimum absolute atomic E-state index is 0.133. The molecule has 0 saturated carbocycles. The summed E-state index contributed by atoms with van der Waals surface area (Å²) in [4.78, 5) is 9.80. The summed E-state index contributed by atoms with van der Waals surface area (Å²) in [5.74, 6) is 0. The normalized spacial score (nSPS) is 11.5. The number of para-hydroxylation sites is 1.